The van der Waals surface area contributed by atoms with E-state index in [9.17, 15) is 9.00 Å². The van der Waals surface area contributed by atoms with Gasteiger partial charge in [-0.1, -0.05) is 0 Å². The van der Waals surface area contributed by atoms with Crippen LogP contribution in [0.5, 0.6) is 0 Å². The second-order valence-corrected chi connectivity index (χ2v) is 7.30. The molecule has 0 spiro atoms. The van der Waals surface area contributed by atoms with Crippen molar-refractivity contribution in [3.05, 3.63) is 21.9 Å². The molecule has 0 aromatic carbocycles. The molecule has 1 N–H and O–H groups in total. The summed E-state index contributed by atoms with van der Waals surface area (Å²) in [4.78, 5) is 11.1. The fraction of sp³-hybridized carbons (Fsp3) is 0.500. The third-order valence-electron chi connectivity index (χ3n) is 1.91. The highest BCUT2D eigenvalue weighted by Crippen LogP contribution is 2.22. The second kappa shape index (κ2) is 4.45. The number of carboxylic acid groups (broad SMARTS) is 1. The topological polar surface area (TPSA) is 54.4 Å². The molecule has 15 heavy (non-hydrogen) atoms. The van der Waals surface area contributed by atoms with E-state index in [0.29, 0.717) is 16.2 Å². The molecule has 0 aliphatic carbocycles. The number of carbonyl (C=O) groups is 1. The van der Waals surface area contributed by atoms with Gasteiger partial charge in [0.05, 0.1) is 5.75 Å². The summed E-state index contributed by atoms with van der Waals surface area (Å²) in [5.41, 5.74) is 0.667. The Morgan fingerprint density at radius 1 is 1.53 bits per heavy atom. The van der Waals surface area contributed by atoms with Crippen molar-refractivity contribution in [3.63, 3.8) is 0 Å². The van der Waals surface area contributed by atoms with Crippen LogP contribution < -0.4 is 0 Å². The monoisotopic (exact) mass is 246 g/mol. The first-order valence-electron chi connectivity index (χ1n) is 4.50. The maximum atomic E-state index is 11.8. The minimum Gasteiger partial charge on any atom is -0.477 e. The SMILES string of the molecule is CC(C)(C)S(=O)Cc1ccsc1C(=O)O. The molecular weight excluding hydrogens is 232 g/mol. The molecule has 1 rings (SSSR count). The maximum absolute atomic E-state index is 11.8. The number of carboxylic acids is 1. The molecule has 84 valence electrons. The summed E-state index contributed by atoms with van der Waals surface area (Å²) in [6, 6.07) is 1.73. The highest BCUT2D eigenvalue weighted by molar-refractivity contribution is 7.85. The molecule has 1 heterocycles. The first kappa shape index (κ1) is 12.4. The van der Waals surface area contributed by atoms with Crippen LogP contribution in [-0.2, 0) is 16.6 Å². The Morgan fingerprint density at radius 3 is 2.60 bits per heavy atom. The number of aromatic carboxylic acids is 1. The predicted octanol–water partition coefficient (Wildman–Crippen LogP) is 2.49. The van der Waals surface area contributed by atoms with E-state index in [-0.39, 0.29) is 4.75 Å². The van der Waals surface area contributed by atoms with Crippen molar-refractivity contribution in [1.29, 1.82) is 0 Å². The lowest BCUT2D eigenvalue weighted by Gasteiger charge is -2.17. The second-order valence-electron chi connectivity index (χ2n) is 4.18. The Hall–Kier alpha value is -0.680. The minimum atomic E-state index is -1.05. The summed E-state index contributed by atoms with van der Waals surface area (Å²) in [5.74, 6) is -0.625. The highest BCUT2D eigenvalue weighted by atomic mass is 32.2. The fourth-order valence-corrected chi connectivity index (χ4v) is 2.80. The van der Waals surface area contributed by atoms with Gasteiger partial charge >= 0.3 is 5.97 Å². The van der Waals surface area contributed by atoms with E-state index < -0.39 is 16.8 Å². The first-order valence-corrected chi connectivity index (χ1v) is 6.70. The van der Waals surface area contributed by atoms with Crippen LogP contribution in [0.2, 0.25) is 0 Å². The van der Waals surface area contributed by atoms with Gasteiger partial charge in [-0.05, 0) is 37.8 Å². The van der Waals surface area contributed by atoms with Crippen LogP contribution in [0.1, 0.15) is 36.0 Å². The van der Waals surface area contributed by atoms with Gasteiger partial charge in [0.25, 0.3) is 0 Å². The lowest BCUT2D eigenvalue weighted by molar-refractivity contribution is 0.0701. The molecule has 1 atom stereocenters. The molecular formula is C10H14O3S2. The Kier molecular flexibility index (Phi) is 3.67. The van der Waals surface area contributed by atoms with Gasteiger partial charge in [-0.15, -0.1) is 11.3 Å². The smallest absolute Gasteiger partial charge is 0.346 e. The summed E-state index contributed by atoms with van der Waals surface area (Å²) >= 11 is 1.18. The van der Waals surface area contributed by atoms with Gasteiger partial charge in [0.1, 0.15) is 4.88 Å². The van der Waals surface area contributed by atoms with Crippen LogP contribution in [0, 0.1) is 0 Å². The highest BCUT2D eigenvalue weighted by Gasteiger charge is 2.22. The summed E-state index contributed by atoms with van der Waals surface area (Å²) in [6.07, 6.45) is 0. The van der Waals surface area contributed by atoms with E-state index in [4.69, 9.17) is 5.11 Å². The quantitative estimate of drug-likeness (QED) is 0.891. The zero-order valence-electron chi connectivity index (χ0n) is 8.94. The van der Waals surface area contributed by atoms with E-state index in [1.807, 2.05) is 20.8 Å². The van der Waals surface area contributed by atoms with Gasteiger partial charge in [-0.2, -0.15) is 0 Å². The van der Waals surface area contributed by atoms with Gasteiger partial charge in [0.15, 0.2) is 0 Å². The van der Waals surface area contributed by atoms with E-state index in [1.54, 1.807) is 11.4 Å². The van der Waals surface area contributed by atoms with E-state index >= 15 is 0 Å². The lowest BCUT2D eigenvalue weighted by atomic mass is 10.3. The molecule has 0 saturated carbocycles. The van der Waals surface area contributed by atoms with Crippen LogP contribution >= 0.6 is 11.3 Å². The Labute approximate surface area is 95.6 Å². The molecule has 1 aromatic heterocycles. The largest absolute Gasteiger partial charge is 0.477 e. The summed E-state index contributed by atoms with van der Waals surface area (Å²) in [7, 11) is -1.05. The molecule has 0 saturated heterocycles. The van der Waals surface area contributed by atoms with Crippen LogP contribution in [0.25, 0.3) is 0 Å². The van der Waals surface area contributed by atoms with Crippen LogP contribution in [0.3, 0.4) is 0 Å². The Bertz CT molecular complexity index is 388. The van der Waals surface area contributed by atoms with Crippen molar-refractivity contribution in [3.8, 4) is 0 Å². The third-order valence-corrected chi connectivity index (χ3v) is 4.79. The maximum Gasteiger partial charge on any atom is 0.346 e. The third kappa shape index (κ3) is 3.14. The summed E-state index contributed by atoms with van der Waals surface area (Å²) < 4.78 is 11.5. The summed E-state index contributed by atoms with van der Waals surface area (Å²) in [6.45, 7) is 5.65. The molecule has 5 heteroatoms. The zero-order chi connectivity index (χ0) is 11.6. The molecule has 3 nitrogen and oxygen atoms in total. The van der Waals surface area contributed by atoms with Gasteiger partial charge in [-0.3, -0.25) is 4.21 Å². The number of rotatable bonds is 3. The normalized spacial score (nSPS) is 13.8. The van der Waals surface area contributed by atoms with Crippen molar-refractivity contribution in [2.45, 2.75) is 31.3 Å². The van der Waals surface area contributed by atoms with E-state index in [1.165, 1.54) is 11.3 Å². The standard InChI is InChI=1S/C10H14O3S2/c1-10(2,3)15(13)6-7-4-5-14-8(7)9(11)12/h4-5H,6H2,1-3H3,(H,11,12). The van der Waals surface area contributed by atoms with Gasteiger partial charge in [0.2, 0.25) is 0 Å². The molecule has 1 aromatic rings. The Balaban J connectivity index is 2.86. The van der Waals surface area contributed by atoms with Crippen LogP contribution in [-0.4, -0.2) is 20.0 Å². The van der Waals surface area contributed by atoms with Crippen molar-refractivity contribution in [1.82, 2.24) is 0 Å². The number of hydrogen-bond acceptors (Lipinski definition) is 3. The van der Waals surface area contributed by atoms with E-state index in [0.717, 1.165) is 0 Å². The molecule has 0 bridgehead atoms. The molecule has 0 radical (unpaired) electrons. The summed E-state index contributed by atoms with van der Waals surface area (Å²) in [5, 5.41) is 10.6. The van der Waals surface area contributed by atoms with Gasteiger partial charge < -0.3 is 5.11 Å². The van der Waals surface area contributed by atoms with Crippen LogP contribution in [0.15, 0.2) is 11.4 Å². The van der Waals surface area contributed by atoms with Crippen molar-refractivity contribution >= 4 is 28.1 Å². The lowest BCUT2D eigenvalue weighted by Crippen LogP contribution is -2.23. The molecule has 1 unspecified atom stereocenters. The van der Waals surface area contributed by atoms with Crippen molar-refractivity contribution < 1.29 is 14.1 Å². The van der Waals surface area contributed by atoms with Gasteiger partial charge in [-0.25, -0.2) is 4.79 Å². The van der Waals surface area contributed by atoms with E-state index in [2.05, 4.69) is 0 Å². The van der Waals surface area contributed by atoms with Crippen molar-refractivity contribution in [2.75, 3.05) is 0 Å². The molecule has 0 aliphatic heterocycles. The molecule has 0 amide bonds. The Morgan fingerprint density at radius 2 is 2.13 bits per heavy atom. The predicted molar refractivity (Wildman–Crippen MR) is 62.9 cm³/mol. The first-order chi connectivity index (χ1) is 6.82. The fourth-order valence-electron chi connectivity index (χ4n) is 0.995. The minimum absolute atomic E-state index is 0.299. The van der Waals surface area contributed by atoms with Crippen molar-refractivity contribution in [2.24, 2.45) is 0 Å². The average molecular weight is 246 g/mol. The average Bonchev–Trinajstić information content (AvgIpc) is 2.50. The van der Waals surface area contributed by atoms with Crippen LogP contribution in [0.4, 0.5) is 0 Å². The number of hydrogen-bond donors (Lipinski definition) is 1. The van der Waals surface area contributed by atoms with Gasteiger partial charge in [0, 0.05) is 15.5 Å². The molecule has 0 aliphatic rings. The molecule has 0 fully saturated rings. The zero-order valence-corrected chi connectivity index (χ0v) is 10.6. The number of thiophene rings is 1.